The number of aromatic nitrogens is 2. The molecule has 0 saturated heterocycles. The Hall–Kier alpha value is -1.94. The van der Waals surface area contributed by atoms with Crippen molar-refractivity contribution in [2.75, 3.05) is 18.5 Å². The molecule has 1 aromatic carbocycles. The largest absolute Gasteiger partial charge is 0.328 e. The van der Waals surface area contributed by atoms with E-state index in [9.17, 15) is 0 Å². The van der Waals surface area contributed by atoms with Crippen molar-refractivity contribution < 1.29 is 0 Å². The lowest BCUT2D eigenvalue weighted by Gasteiger charge is -2.17. The topological polar surface area (TPSA) is 41.1 Å². The quantitative estimate of drug-likeness (QED) is 0.874. The molecule has 0 spiro atoms. The molecule has 0 fully saturated rings. The van der Waals surface area contributed by atoms with Crippen LogP contribution in [-0.4, -0.2) is 23.6 Å². The normalized spacial score (nSPS) is 10.3. The molecular weight excluding hydrogens is 224 g/mol. The molecule has 4 nitrogen and oxygen atoms in total. The Bertz CT molecular complexity index is 467. The van der Waals surface area contributed by atoms with E-state index >= 15 is 0 Å². The van der Waals surface area contributed by atoms with Crippen LogP contribution in [0.5, 0.6) is 0 Å². The summed E-state index contributed by atoms with van der Waals surface area (Å²) in [5, 5.41) is 3.23. The molecule has 1 heterocycles. The van der Waals surface area contributed by atoms with Crippen LogP contribution < -0.4 is 10.2 Å². The van der Waals surface area contributed by atoms with Crippen LogP contribution in [0.15, 0.2) is 42.7 Å². The molecule has 0 aliphatic carbocycles. The van der Waals surface area contributed by atoms with Gasteiger partial charge in [-0.2, -0.15) is 0 Å². The molecule has 2 aromatic rings. The minimum atomic E-state index is 0.763. The highest BCUT2D eigenvalue weighted by Crippen LogP contribution is 2.19. The lowest BCUT2D eigenvalue weighted by Crippen LogP contribution is -2.15. The first kappa shape index (κ1) is 12.5. The first-order valence-corrected chi connectivity index (χ1v) is 6.11. The van der Waals surface area contributed by atoms with Crippen molar-refractivity contribution in [3.8, 4) is 0 Å². The number of para-hydroxylation sites is 1. The predicted octanol–water partition coefficient (Wildman–Crippen LogP) is 2.35. The minimum absolute atomic E-state index is 0.763. The summed E-state index contributed by atoms with van der Waals surface area (Å²) in [4.78, 5) is 10.8. The number of nitrogens with one attached hydrogen (secondary N) is 1. The van der Waals surface area contributed by atoms with Crippen LogP contribution in [0.25, 0.3) is 0 Å². The summed E-state index contributed by atoms with van der Waals surface area (Å²) >= 11 is 0. The fourth-order valence-corrected chi connectivity index (χ4v) is 1.65. The van der Waals surface area contributed by atoms with Gasteiger partial charge < -0.3 is 10.2 Å². The first-order chi connectivity index (χ1) is 8.81. The van der Waals surface area contributed by atoms with Crippen LogP contribution in [0.1, 0.15) is 12.6 Å². The van der Waals surface area contributed by atoms with Crippen LogP contribution in [0, 0.1) is 0 Å². The maximum absolute atomic E-state index is 4.43. The monoisotopic (exact) mass is 242 g/mol. The molecule has 0 atom stereocenters. The second kappa shape index (κ2) is 6.12. The second-order valence-electron chi connectivity index (χ2n) is 4.04. The SMILES string of the molecule is CCNCc1cnc(N(C)c2ccccc2)cn1. The first-order valence-electron chi connectivity index (χ1n) is 6.11. The van der Waals surface area contributed by atoms with Gasteiger partial charge in [-0.05, 0) is 18.7 Å². The maximum Gasteiger partial charge on any atom is 0.151 e. The van der Waals surface area contributed by atoms with Crippen molar-refractivity contribution in [2.24, 2.45) is 0 Å². The van der Waals surface area contributed by atoms with Gasteiger partial charge in [-0.3, -0.25) is 4.98 Å². The fraction of sp³-hybridized carbons (Fsp3) is 0.286. The molecule has 2 rings (SSSR count). The molecule has 0 bridgehead atoms. The third-order valence-electron chi connectivity index (χ3n) is 2.73. The summed E-state index contributed by atoms with van der Waals surface area (Å²) in [5.41, 5.74) is 2.06. The molecule has 4 heteroatoms. The smallest absolute Gasteiger partial charge is 0.151 e. The van der Waals surface area contributed by atoms with Crippen molar-refractivity contribution >= 4 is 11.5 Å². The van der Waals surface area contributed by atoms with E-state index in [-0.39, 0.29) is 0 Å². The number of anilines is 2. The Balaban J connectivity index is 2.09. The van der Waals surface area contributed by atoms with Crippen LogP contribution in [0.4, 0.5) is 11.5 Å². The lowest BCUT2D eigenvalue weighted by atomic mass is 10.3. The highest BCUT2D eigenvalue weighted by Gasteiger charge is 2.05. The summed E-state index contributed by atoms with van der Waals surface area (Å²) < 4.78 is 0. The van der Waals surface area contributed by atoms with Crippen molar-refractivity contribution in [3.05, 3.63) is 48.4 Å². The highest BCUT2D eigenvalue weighted by molar-refractivity contribution is 5.57. The molecule has 1 aromatic heterocycles. The number of rotatable bonds is 5. The zero-order chi connectivity index (χ0) is 12.8. The molecule has 0 amide bonds. The fourth-order valence-electron chi connectivity index (χ4n) is 1.65. The maximum atomic E-state index is 4.43. The minimum Gasteiger partial charge on any atom is -0.328 e. The number of benzene rings is 1. The van der Waals surface area contributed by atoms with Crippen molar-refractivity contribution in [1.29, 1.82) is 0 Å². The van der Waals surface area contributed by atoms with Gasteiger partial charge in [0.2, 0.25) is 0 Å². The van der Waals surface area contributed by atoms with E-state index in [4.69, 9.17) is 0 Å². The van der Waals surface area contributed by atoms with Crippen molar-refractivity contribution in [1.82, 2.24) is 15.3 Å². The summed E-state index contributed by atoms with van der Waals surface area (Å²) in [7, 11) is 1.99. The Kier molecular flexibility index (Phi) is 4.25. The van der Waals surface area contributed by atoms with E-state index in [1.54, 1.807) is 6.20 Å². The van der Waals surface area contributed by atoms with Crippen LogP contribution in [0.3, 0.4) is 0 Å². The molecule has 18 heavy (non-hydrogen) atoms. The molecular formula is C14H18N4. The zero-order valence-corrected chi connectivity index (χ0v) is 10.8. The number of hydrogen-bond acceptors (Lipinski definition) is 4. The van der Waals surface area contributed by atoms with Gasteiger partial charge in [0.05, 0.1) is 18.1 Å². The number of nitrogens with zero attached hydrogens (tertiary/aromatic N) is 3. The Morgan fingerprint density at radius 3 is 2.50 bits per heavy atom. The van der Waals surface area contributed by atoms with E-state index in [2.05, 4.69) is 22.2 Å². The zero-order valence-electron chi connectivity index (χ0n) is 10.8. The third kappa shape index (κ3) is 3.05. The summed E-state index contributed by atoms with van der Waals surface area (Å²) in [6.45, 7) is 3.77. The van der Waals surface area contributed by atoms with E-state index < -0.39 is 0 Å². The van der Waals surface area contributed by atoms with Gasteiger partial charge in [0.15, 0.2) is 5.82 Å². The van der Waals surface area contributed by atoms with Gasteiger partial charge in [-0.1, -0.05) is 25.1 Å². The van der Waals surface area contributed by atoms with E-state index in [1.807, 2.05) is 48.5 Å². The molecule has 0 saturated carbocycles. The van der Waals surface area contributed by atoms with Crippen LogP contribution in [-0.2, 0) is 6.54 Å². The molecule has 0 aliphatic heterocycles. The predicted molar refractivity (Wildman–Crippen MR) is 73.9 cm³/mol. The molecule has 94 valence electrons. The van der Waals surface area contributed by atoms with Crippen molar-refractivity contribution in [2.45, 2.75) is 13.5 Å². The molecule has 0 unspecified atom stereocenters. The van der Waals surface area contributed by atoms with E-state index in [0.717, 1.165) is 30.3 Å². The average Bonchev–Trinajstić information content (AvgIpc) is 2.46. The summed E-state index contributed by atoms with van der Waals surface area (Å²) in [5.74, 6) is 0.849. The van der Waals surface area contributed by atoms with E-state index in [0.29, 0.717) is 0 Å². The Morgan fingerprint density at radius 1 is 1.11 bits per heavy atom. The molecule has 0 radical (unpaired) electrons. The summed E-state index contributed by atoms with van der Waals surface area (Å²) in [6.07, 6.45) is 3.62. The van der Waals surface area contributed by atoms with Gasteiger partial charge >= 0.3 is 0 Å². The van der Waals surface area contributed by atoms with Gasteiger partial charge in [0, 0.05) is 19.3 Å². The van der Waals surface area contributed by atoms with Crippen LogP contribution >= 0.6 is 0 Å². The standard InChI is InChI=1S/C14H18N4/c1-3-15-9-12-10-17-14(11-16-12)18(2)13-7-5-4-6-8-13/h4-8,10-11,15H,3,9H2,1-2H3. The second-order valence-corrected chi connectivity index (χ2v) is 4.04. The van der Waals surface area contributed by atoms with Gasteiger partial charge in [-0.15, -0.1) is 0 Å². The van der Waals surface area contributed by atoms with Gasteiger partial charge in [0.25, 0.3) is 0 Å². The average molecular weight is 242 g/mol. The molecule has 1 N–H and O–H groups in total. The Morgan fingerprint density at radius 2 is 1.89 bits per heavy atom. The van der Waals surface area contributed by atoms with Gasteiger partial charge in [0.1, 0.15) is 0 Å². The summed E-state index contributed by atoms with van der Waals surface area (Å²) in [6, 6.07) is 10.1. The Labute approximate surface area is 108 Å². The van der Waals surface area contributed by atoms with Crippen molar-refractivity contribution in [3.63, 3.8) is 0 Å². The highest BCUT2D eigenvalue weighted by atomic mass is 15.2. The van der Waals surface area contributed by atoms with Crippen LogP contribution in [0.2, 0.25) is 0 Å². The number of hydrogen-bond donors (Lipinski definition) is 1. The lowest BCUT2D eigenvalue weighted by molar-refractivity contribution is 0.707. The third-order valence-corrected chi connectivity index (χ3v) is 2.73. The van der Waals surface area contributed by atoms with Gasteiger partial charge in [-0.25, -0.2) is 4.98 Å². The van der Waals surface area contributed by atoms with E-state index in [1.165, 1.54) is 0 Å². The molecule has 0 aliphatic rings.